The maximum Gasteiger partial charge on any atom is -0.0129 e. The van der Waals surface area contributed by atoms with Crippen molar-refractivity contribution in [3.05, 3.63) is 46.4 Å². The van der Waals surface area contributed by atoms with Crippen molar-refractivity contribution < 1.29 is 0 Å². The second kappa shape index (κ2) is 5.43. The predicted octanol–water partition coefficient (Wildman–Crippen LogP) is 2.62. The first-order chi connectivity index (χ1) is 6.86. The summed E-state index contributed by atoms with van der Waals surface area (Å²) in [5.41, 5.74) is 1.42. The van der Waals surface area contributed by atoms with Crippen molar-refractivity contribution >= 4 is 12.2 Å². The van der Waals surface area contributed by atoms with Crippen molar-refractivity contribution in [2.45, 2.75) is 27.2 Å². The van der Waals surface area contributed by atoms with Crippen LogP contribution in [0.25, 0.3) is 12.2 Å². The zero-order valence-corrected chi connectivity index (χ0v) is 9.25. The highest BCUT2D eigenvalue weighted by Gasteiger charge is 1.90. The lowest BCUT2D eigenvalue weighted by Crippen LogP contribution is -2.22. The number of rotatable bonds is 0. The molecule has 1 aromatic carbocycles. The van der Waals surface area contributed by atoms with Crippen LogP contribution in [0, 0.1) is 0 Å². The minimum atomic E-state index is 1.08. The molecule has 0 N–H and O–H groups in total. The van der Waals surface area contributed by atoms with Crippen LogP contribution >= 0.6 is 0 Å². The molecule has 0 saturated carbocycles. The van der Waals surface area contributed by atoms with E-state index >= 15 is 0 Å². The zero-order valence-electron chi connectivity index (χ0n) is 9.25. The van der Waals surface area contributed by atoms with E-state index in [1.165, 1.54) is 16.0 Å². The highest BCUT2D eigenvalue weighted by Crippen LogP contribution is 2.01. The van der Waals surface area contributed by atoms with E-state index in [0.717, 1.165) is 6.42 Å². The van der Waals surface area contributed by atoms with Crippen molar-refractivity contribution in [1.29, 1.82) is 0 Å². The van der Waals surface area contributed by atoms with Crippen LogP contribution in [-0.2, 0) is 0 Å². The quantitative estimate of drug-likeness (QED) is 0.584. The fourth-order valence-electron chi connectivity index (χ4n) is 1.42. The molecule has 0 bridgehead atoms. The average molecular weight is 186 g/mol. The number of allylic oxidation sites excluding steroid dienone is 2. The second-order valence-electron chi connectivity index (χ2n) is 3.22. The number of benzene rings is 1. The fourth-order valence-corrected chi connectivity index (χ4v) is 1.42. The van der Waals surface area contributed by atoms with Gasteiger partial charge in [-0.05, 0) is 23.8 Å². The summed E-state index contributed by atoms with van der Waals surface area (Å²) in [5.74, 6) is 0. The molecule has 0 fully saturated rings. The first kappa shape index (κ1) is 10.8. The maximum absolute atomic E-state index is 2.28. The molecule has 0 radical (unpaired) electrons. The minimum Gasteiger partial charge on any atom is -0.0726 e. The standard InChI is InChI=1S/C12H12.C2H6/c1-10-6-8-11-4-2-3-5-12(11)9-7-10;1-2/h2-6,8-9H,7H2,1H3;1-2H3. The van der Waals surface area contributed by atoms with Gasteiger partial charge in [-0.2, -0.15) is 0 Å². The van der Waals surface area contributed by atoms with Gasteiger partial charge in [0.25, 0.3) is 0 Å². The Balaban J connectivity index is 0.000000461. The van der Waals surface area contributed by atoms with Crippen molar-refractivity contribution in [3.63, 3.8) is 0 Å². The van der Waals surface area contributed by atoms with E-state index in [1.54, 1.807) is 0 Å². The molecular weight excluding hydrogens is 168 g/mol. The van der Waals surface area contributed by atoms with Gasteiger partial charge in [-0.15, -0.1) is 0 Å². The van der Waals surface area contributed by atoms with Crippen molar-refractivity contribution in [1.82, 2.24) is 0 Å². The van der Waals surface area contributed by atoms with Crippen molar-refractivity contribution in [2.24, 2.45) is 0 Å². The van der Waals surface area contributed by atoms with E-state index in [0.29, 0.717) is 0 Å². The summed E-state index contributed by atoms with van der Waals surface area (Å²) in [5, 5.41) is 2.68. The lowest BCUT2D eigenvalue weighted by atomic mass is 10.2. The third-order valence-electron chi connectivity index (χ3n) is 2.19. The Kier molecular flexibility index (Phi) is 4.18. The molecule has 2 rings (SSSR count). The van der Waals surface area contributed by atoms with Crippen molar-refractivity contribution in [3.8, 4) is 0 Å². The summed E-state index contributed by atoms with van der Waals surface area (Å²) in [6.07, 6.45) is 7.74. The summed E-state index contributed by atoms with van der Waals surface area (Å²) in [7, 11) is 0. The van der Waals surface area contributed by atoms with Crippen LogP contribution in [0.15, 0.2) is 35.9 Å². The largest absolute Gasteiger partial charge is 0.0726 e. The summed E-state index contributed by atoms with van der Waals surface area (Å²) in [6.45, 7) is 6.17. The summed E-state index contributed by atoms with van der Waals surface area (Å²) in [6, 6.07) is 8.49. The van der Waals surface area contributed by atoms with Gasteiger partial charge in [0.1, 0.15) is 0 Å². The van der Waals surface area contributed by atoms with Crippen LogP contribution < -0.4 is 10.4 Å². The number of hydrogen-bond acceptors (Lipinski definition) is 0. The van der Waals surface area contributed by atoms with Crippen LogP contribution in [0.5, 0.6) is 0 Å². The van der Waals surface area contributed by atoms with Gasteiger partial charge in [0.2, 0.25) is 0 Å². The Labute approximate surface area is 86.3 Å². The van der Waals surface area contributed by atoms with Crippen LogP contribution in [-0.4, -0.2) is 0 Å². The first-order valence-corrected chi connectivity index (χ1v) is 5.29. The third-order valence-corrected chi connectivity index (χ3v) is 2.19. The number of fused-ring (bicyclic) bond motifs is 1. The molecule has 1 aromatic rings. The monoisotopic (exact) mass is 186 g/mol. The summed E-state index contributed by atoms with van der Waals surface area (Å²) >= 11 is 0. The minimum absolute atomic E-state index is 1.08. The van der Waals surface area contributed by atoms with Gasteiger partial charge in [-0.3, -0.25) is 0 Å². The van der Waals surface area contributed by atoms with Gasteiger partial charge in [0, 0.05) is 0 Å². The molecular formula is C14H18. The lowest BCUT2D eigenvalue weighted by molar-refractivity contribution is 1.27. The molecule has 0 heteroatoms. The highest BCUT2D eigenvalue weighted by atomic mass is 14.0. The van der Waals surface area contributed by atoms with Crippen LogP contribution in [0.4, 0.5) is 0 Å². The van der Waals surface area contributed by atoms with E-state index in [4.69, 9.17) is 0 Å². The normalized spacial score (nSPS) is 13.2. The molecule has 0 aliphatic heterocycles. The molecule has 0 unspecified atom stereocenters. The molecule has 0 atom stereocenters. The van der Waals surface area contributed by atoms with E-state index in [1.807, 2.05) is 13.8 Å². The Bertz CT molecular complexity index is 422. The maximum atomic E-state index is 2.28. The van der Waals surface area contributed by atoms with Gasteiger partial charge >= 0.3 is 0 Å². The van der Waals surface area contributed by atoms with Crippen LogP contribution in [0.2, 0.25) is 0 Å². The fraction of sp³-hybridized carbons (Fsp3) is 0.286. The average Bonchev–Trinajstić information content (AvgIpc) is 2.45. The molecule has 0 aromatic heterocycles. The van der Waals surface area contributed by atoms with Gasteiger partial charge in [-0.1, -0.05) is 61.9 Å². The molecule has 74 valence electrons. The molecule has 14 heavy (non-hydrogen) atoms. The number of hydrogen-bond donors (Lipinski definition) is 0. The van der Waals surface area contributed by atoms with Gasteiger partial charge in [0.05, 0.1) is 0 Å². The lowest BCUT2D eigenvalue weighted by Gasteiger charge is -1.88. The van der Waals surface area contributed by atoms with Gasteiger partial charge in [0.15, 0.2) is 0 Å². The van der Waals surface area contributed by atoms with E-state index in [9.17, 15) is 0 Å². The van der Waals surface area contributed by atoms with E-state index in [-0.39, 0.29) is 0 Å². The SMILES string of the molecule is CC.CC1=CC=c2ccccc2=CC1. The van der Waals surface area contributed by atoms with Gasteiger partial charge in [-0.25, -0.2) is 0 Å². The summed E-state index contributed by atoms with van der Waals surface area (Å²) < 4.78 is 0. The molecule has 1 aliphatic carbocycles. The smallest absolute Gasteiger partial charge is 0.0129 e. The van der Waals surface area contributed by atoms with E-state index < -0.39 is 0 Å². The van der Waals surface area contributed by atoms with Crippen LogP contribution in [0.1, 0.15) is 27.2 Å². The Hall–Kier alpha value is -1.30. The van der Waals surface area contributed by atoms with Crippen LogP contribution in [0.3, 0.4) is 0 Å². The Morgan fingerprint density at radius 1 is 0.929 bits per heavy atom. The molecule has 0 heterocycles. The second-order valence-corrected chi connectivity index (χ2v) is 3.22. The summed E-state index contributed by atoms with van der Waals surface area (Å²) in [4.78, 5) is 0. The highest BCUT2D eigenvalue weighted by molar-refractivity contribution is 5.46. The molecule has 0 saturated heterocycles. The first-order valence-electron chi connectivity index (χ1n) is 5.29. The zero-order chi connectivity index (χ0) is 10.4. The molecule has 0 amide bonds. The molecule has 0 nitrogen and oxygen atoms in total. The topological polar surface area (TPSA) is 0 Å². The predicted molar refractivity (Wildman–Crippen MR) is 64.3 cm³/mol. The van der Waals surface area contributed by atoms with E-state index in [2.05, 4.69) is 49.4 Å². The molecule has 1 aliphatic rings. The molecule has 0 spiro atoms. The van der Waals surface area contributed by atoms with Gasteiger partial charge < -0.3 is 0 Å². The Morgan fingerprint density at radius 3 is 2.29 bits per heavy atom. The Morgan fingerprint density at radius 2 is 1.57 bits per heavy atom. The van der Waals surface area contributed by atoms with Crippen molar-refractivity contribution in [2.75, 3.05) is 0 Å². The third kappa shape index (κ3) is 2.59.